The standard InChI is InChI=1S/C22H18ClN3O2S/c1-13-2-7-17(26-22(27)14-3-5-16(23)6-4-14)10-18(13)28-11-15-12-29-19-8-9-25-21(24)20(15)19/h2-10,12H,11H2,1H3,(H2,24,25)(H,26,27). The van der Waals surface area contributed by atoms with E-state index in [0.29, 0.717) is 34.4 Å². The van der Waals surface area contributed by atoms with E-state index in [-0.39, 0.29) is 5.91 Å². The fourth-order valence-corrected chi connectivity index (χ4v) is 4.05. The topological polar surface area (TPSA) is 77.2 Å². The summed E-state index contributed by atoms with van der Waals surface area (Å²) in [6, 6.07) is 14.3. The highest BCUT2D eigenvalue weighted by Gasteiger charge is 2.11. The lowest BCUT2D eigenvalue weighted by Crippen LogP contribution is -2.11. The van der Waals surface area contributed by atoms with Gasteiger partial charge in [0.25, 0.3) is 5.91 Å². The van der Waals surface area contributed by atoms with Crippen LogP contribution in [0.5, 0.6) is 5.75 Å². The molecule has 0 unspecified atom stereocenters. The van der Waals surface area contributed by atoms with Crippen molar-refractivity contribution in [3.8, 4) is 5.75 Å². The minimum absolute atomic E-state index is 0.209. The Bertz CT molecular complexity index is 1190. The van der Waals surface area contributed by atoms with Crippen LogP contribution >= 0.6 is 22.9 Å². The molecule has 0 fully saturated rings. The quantitative estimate of drug-likeness (QED) is 0.433. The fraction of sp³-hybridized carbons (Fsp3) is 0.0909. The Hall–Kier alpha value is -3.09. The number of halogens is 1. The van der Waals surface area contributed by atoms with Crippen LogP contribution in [0.25, 0.3) is 10.1 Å². The molecule has 0 saturated carbocycles. The SMILES string of the molecule is Cc1ccc(NC(=O)c2ccc(Cl)cc2)cc1OCc1csc2ccnc(N)c12. The first-order valence-electron chi connectivity index (χ1n) is 8.92. The van der Waals surface area contributed by atoms with Gasteiger partial charge in [-0.25, -0.2) is 4.98 Å². The van der Waals surface area contributed by atoms with Gasteiger partial charge in [0.05, 0.1) is 0 Å². The molecule has 0 bridgehead atoms. The maximum atomic E-state index is 12.4. The van der Waals surface area contributed by atoms with Crippen molar-refractivity contribution in [1.29, 1.82) is 0 Å². The van der Waals surface area contributed by atoms with Crippen LogP contribution < -0.4 is 15.8 Å². The van der Waals surface area contributed by atoms with Gasteiger partial charge in [0, 0.05) is 44.2 Å². The van der Waals surface area contributed by atoms with Crippen LogP contribution in [0.15, 0.2) is 60.1 Å². The van der Waals surface area contributed by atoms with Gasteiger partial charge >= 0.3 is 0 Å². The molecule has 4 rings (SSSR count). The van der Waals surface area contributed by atoms with Crippen molar-refractivity contribution in [1.82, 2.24) is 4.98 Å². The number of ether oxygens (including phenoxy) is 1. The van der Waals surface area contributed by atoms with Gasteiger partial charge in [-0.05, 0) is 54.3 Å². The predicted molar refractivity (Wildman–Crippen MR) is 119 cm³/mol. The number of rotatable bonds is 5. The smallest absolute Gasteiger partial charge is 0.255 e. The third-order valence-electron chi connectivity index (χ3n) is 4.53. The minimum Gasteiger partial charge on any atom is -0.489 e. The third kappa shape index (κ3) is 4.18. The molecule has 2 aromatic carbocycles. The van der Waals surface area contributed by atoms with Crippen LogP contribution in [0.1, 0.15) is 21.5 Å². The summed E-state index contributed by atoms with van der Waals surface area (Å²) in [5, 5.41) is 6.44. The first-order chi connectivity index (χ1) is 14.0. The summed E-state index contributed by atoms with van der Waals surface area (Å²) in [5.41, 5.74) is 9.18. The maximum absolute atomic E-state index is 12.4. The van der Waals surface area contributed by atoms with Crippen molar-refractivity contribution in [2.24, 2.45) is 0 Å². The number of thiophene rings is 1. The summed E-state index contributed by atoms with van der Waals surface area (Å²) in [7, 11) is 0. The van der Waals surface area contributed by atoms with E-state index in [0.717, 1.165) is 21.2 Å². The normalized spacial score (nSPS) is 10.8. The highest BCUT2D eigenvalue weighted by molar-refractivity contribution is 7.17. The number of pyridine rings is 1. The second kappa shape index (κ2) is 8.11. The lowest BCUT2D eigenvalue weighted by atomic mass is 10.1. The molecule has 29 heavy (non-hydrogen) atoms. The van der Waals surface area contributed by atoms with E-state index in [1.54, 1.807) is 41.8 Å². The van der Waals surface area contributed by atoms with Crippen molar-refractivity contribution in [3.05, 3.63) is 81.8 Å². The Balaban J connectivity index is 1.51. The molecule has 5 nitrogen and oxygen atoms in total. The van der Waals surface area contributed by atoms with Gasteiger partial charge in [0.15, 0.2) is 0 Å². The van der Waals surface area contributed by atoms with Crippen molar-refractivity contribution in [3.63, 3.8) is 0 Å². The van der Waals surface area contributed by atoms with Crippen molar-refractivity contribution < 1.29 is 9.53 Å². The van der Waals surface area contributed by atoms with Crippen LogP contribution in [0, 0.1) is 6.92 Å². The highest BCUT2D eigenvalue weighted by Crippen LogP contribution is 2.31. The number of amides is 1. The monoisotopic (exact) mass is 423 g/mol. The number of carbonyl (C=O) groups excluding carboxylic acids is 1. The lowest BCUT2D eigenvalue weighted by Gasteiger charge is -2.12. The zero-order valence-electron chi connectivity index (χ0n) is 15.6. The van der Waals surface area contributed by atoms with Crippen LogP contribution in [0.2, 0.25) is 5.02 Å². The Morgan fingerprint density at radius 1 is 1.21 bits per heavy atom. The first kappa shape index (κ1) is 19.2. The Morgan fingerprint density at radius 2 is 2.00 bits per heavy atom. The van der Waals surface area contributed by atoms with E-state index in [1.807, 2.05) is 36.6 Å². The zero-order chi connectivity index (χ0) is 20.4. The molecular formula is C22H18ClN3O2S. The number of nitrogen functional groups attached to an aromatic ring is 1. The third-order valence-corrected chi connectivity index (χ3v) is 5.78. The van der Waals surface area contributed by atoms with Crippen LogP contribution in [-0.4, -0.2) is 10.9 Å². The molecule has 2 aromatic heterocycles. The van der Waals surface area contributed by atoms with E-state index < -0.39 is 0 Å². The summed E-state index contributed by atoms with van der Waals surface area (Å²) in [6.07, 6.45) is 1.70. The summed E-state index contributed by atoms with van der Waals surface area (Å²) < 4.78 is 7.12. The predicted octanol–water partition coefficient (Wildman–Crippen LogP) is 5.67. The minimum atomic E-state index is -0.209. The number of hydrogen-bond acceptors (Lipinski definition) is 5. The molecule has 0 aliphatic rings. The zero-order valence-corrected chi connectivity index (χ0v) is 17.2. The number of anilines is 2. The van der Waals surface area contributed by atoms with Gasteiger partial charge in [-0.1, -0.05) is 17.7 Å². The number of nitrogens with one attached hydrogen (secondary N) is 1. The lowest BCUT2D eigenvalue weighted by molar-refractivity contribution is 0.102. The number of fused-ring (bicyclic) bond motifs is 1. The number of carbonyl (C=O) groups is 1. The van der Waals surface area contributed by atoms with E-state index in [1.165, 1.54) is 0 Å². The fourth-order valence-electron chi connectivity index (χ4n) is 2.97. The van der Waals surface area contributed by atoms with Crippen LogP contribution in [0.3, 0.4) is 0 Å². The van der Waals surface area contributed by atoms with E-state index in [4.69, 9.17) is 22.1 Å². The van der Waals surface area contributed by atoms with Gasteiger partial charge in [-0.3, -0.25) is 4.79 Å². The summed E-state index contributed by atoms with van der Waals surface area (Å²) in [5.74, 6) is 0.989. The van der Waals surface area contributed by atoms with Gasteiger partial charge in [-0.15, -0.1) is 11.3 Å². The Morgan fingerprint density at radius 3 is 2.79 bits per heavy atom. The number of hydrogen-bond donors (Lipinski definition) is 2. The van der Waals surface area contributed by atoms with Crippen LogP contribution in [-0.2, 0) is 6.61 Å². The highest BCUT2D eigenvalue weighted by atomic mass is 35.5. The van der Waals surface area contributed by atoms with E-state index in [2.05, 4.69) is 10.3 Å². The largest absolute Gasteiger partial charge is 0.489 e. The molecule has 0 spiro atoms. The van der Waals surface area contributed by atoms with Gasteiger partial charge in [-0.2, -0.15) is 0 Å². The number of benzene rings is 2. The molecule has 0 atom stereocenters. The number of nitrogens with two attached hydrogens (primary N) is 1. The molecule has 146 valence electrons. The molecule has 0 saturated heterocycles. The second-order valence-corrected chi connectivity index (χ2v) is 7.91. The summed E-state index contributed by atoms with van der Waals surface area (Å²) in [6.45, 7) is 2.33. The van der Waals surface area contributed by atoms with Crippen molar-refractivity contribution >= 4 is 50.4 Å². The van der Waals surface area contributed by atoms with Crippen molar-refractivity contribution in [2.75, 3.05) is 11.1 Å². The van der Waals surface area contributed by atoms with Gasteiger partial charge in [0.2, 0.25) is 0 Å². The molecule has 1 amide bonds. The second-order valence-electron chi connectivity index (χ2n) is 6.56. The Kier molecular flexibility index (Phi) is 5.38. The van der Waals surface area contributed by atoms with E-state index >= 15 is 0 Å². The summed E-state index contributed by atoms with van der Waals surface area (Å²) in [4.78, 5) is 16.6. The summed E-state index contributed by atoms with van der Waals surface area (Å²) >= 11 is 7.49. The number of nitrogens with zero attached hydrogens (tertiary/aromatic N) is 1. The first-order valence-corrected chi connectivity index (χ1v) is 10.2. The maximum Gasteiger partial charge on any atom is 0.255 e. The molecule has 2 heterocycles. The molecular weight excluding hydrogens is 406 g/mol. The molecule has 0 aliphatic carbocycles. The van der Waals surface area contributed by atoms with Gasteiger partial charge < -0.3 is 15.8 Å². The molecule has 7 heteroatoms. The van der Waals surface area contributed by atoms with Gasteiger partial charge in [0.1, 0.15) is 18.2 Å². The number of aromatic nitrogens is 1. The number of aryl methyl sites for hydroxylation is 1. The molecule has 0 aliphatic heterocycles. The molecule has 0 radical (unpaired) electrons. The average Bonchev–Trinajstić information content (AvgIpc) is 3.13. The van der Waals surface area contributed by atoms with E-state index in [9.17, 15) is 4.79 Å². The Labute approximate surface area is 177 Å². The average molecular weight is 424 g/mol. The van der Waals surface area contributed by atoms with Crippen molar-refractivity contribution in [2.45, 2.75) is 13.5 Å². The van der Waals surface area contributed by atoms with Crippen LogP contribution in [0.4, 0.5) is 11.5 Å². The molecule has 4 aromatic rings. The molecule has 3 N–H and O–H groups in total.